The van der Waals surface area contributed by atoms with Gasteiger partial charge in [-0.1, -0.05) is 48.8 Å². The highest BCUT2D eigenvalue weighted by Gasteiger charge is 2.35. The summed E-state index contributed by atoms with van der Waals surface area (Å²) >= 11 is 0. The van der Waals surface area contributed by atoms with E-state index in [2.05, 4.69) is 27.3 Å². The van der Waals surface area contributed by atoms with E-state index in [9.17, 15) is 4.79 Å². The SMILES string of the molecule is CCCc1[nH]ncc1C(=O)N1CCC[C@@H]1c1nc(-c2ccccc2)no1. The van der Waals surface area contributed by atoms with Gasteiger partial charge in [0, 0.05) is 17.8 Å². The van der Waals surface area contributed by atoms with Gasteiger partial charge in [0.1, 0.15) is 6.04 Å². The minimum atomic E-state index is -0.183. The summed E-state index contributed by atoms with van der Waals surface area (Å²) in [5.41, 5.74) is 2.43. The van der Waals surface area contributed by atoms with E-state index in [1.165, 1.54) is 0 Å². The first-order chi connectivity index (χ1) is 12.8. The molecule has 3 aromatic rings. The molecule has 3 heterocycles. The van der Waals surface area contributed by atoms with Gasteiger partial charge in [0.2, 0.25) is 11.7 Å². The fourth-order valence-corrected chi connectivity index (χ4v) is 3.43. The van der Waals surface area contributed by atoms with Crippen molar-refractivity contribution in [1.82, 2.24) is 25.2 Å². The Hall–Kier alpha value is -2.96. The number of likely N-dealkylation sites (tertiary alicyclic amines) is 1. The average molecular weight is 351 g/mol. The number of carbonyl (C=O) groups excluding carboxylic acids is 1. The van der Waals surface area contributed by atoms with Crippen molar-refractivity contribution in [2.75, 3.05) is 6.54 Å². The molecule has 0 saturated carbocycles. The van der Waals surface area contributed by atoms with Crippen LogP contribution in [0.2, 0.25) is 0 Å². The topological polar surface area (TPSA) is 87.9 Å². The summed E-state index contributed by atoms with van der Waals surface area (Å²) in [4.78, 5) is 19.4. The summed E-state index contributed by atoms with van der Waals surface area (Å²) in [5, 5.41) is 11.1. The quantitative estimate of drug-likeness (QED) is 0.761. The van der Waals surface area contributed by atoms with Gasteiger partial charge in [0.15, 0.2) is 0 Å². The highest BCUT2D eigenvalue weighted by Crippen LogP contribution is 2.33. The van der Waals surface area contributed by atoms with Crippen LogP contribution in [-0.4, -0.2) is 37.7 Å². The molecule has 1 aliphatic rings. The summed E-state index contributed by atoms with van der Waals surface area (Å²) in [6, 6.07) is 9.51. The third kappa shape index (κ3) is 3.00. The lowest BCUT2D eigenvalue weighted by molar-refractivity contribution is 0.0709. The first-order valence-electron chi connectivity index (χ1n) is 9.00. The molecule has 1 N–H and O–H groups in total. The second kappa shape index (κ2) is 7.11. The van der Waals surface area contributed by atoms with Crippen LogP contribution >= 0.6 is 0 Å². The summed E-state index contributed by atoms with van der Waals surface area (Å²) in [6.45, 7) is 2.76. The molecule has 134 valence electrons. The Bertz CT molecular complexity index is 886. The summed E-state index contributed by atoms with van der Waals surface area (Å²) < 4.78 is 5.50. The number of aromatic amines is 1. The number of aromatic nitrogens is 4. The second-order valence-corrected chi connectivity index (χ2v) is 6.49. The highest BCUT2D eigenvalue weighted by atomic mass is 16.5. The minimum Gasteiger partial charge on any atom is -0.337 e. The van der Waals surface area contributed by atoms with Crippen molar-refractivity contribution in [1.29, 1.82) is 0 Å². The maximum Gasteiger partial charge on any atom is 0.258 e. The van der Waals surface area contributed by atoms with Crippen molar-refractivity contribution in [3.63, 3.8) is 0 Å². The third-order valence-corrected chi connectivity index (χ3v) is 4.72. The van der Waals surface area contributed by atoms with Crippen LogP contribution in [0.1, 0.15) is 54.2 Å². The first kappa shape index (κ1) is 16.5. The Balaban J connectivity index is 1.58. The Morgan fingerprint density at radius 2 is 2.19 bits per heavy atom. The fraction of sp³-hybridized carbons (Fsp3) is 0.368. The molecule has 1 fully saturated rings. The van der Waals surface area contributed by atoms with Gasteiger partial charge in [-0.05, 0) is 19.3 Å². The lowest BCUT2D eigenvalue weighted by Crippen LogP contribution is -2.31. The van der Waals surface area contributed by atoms with Crippen molar-refractivity contribution in [3.8, 4) is 11.4 Å². The van der Waals surface area contributed by atoms with Gasteiger partial charge in [-0.2, -0.15) is 10.1 Å². The number of nitrogens with one attached hydrogen (secondary N) is 1. The largest absolute Gasteiger partial charge is 0.337 e. The van der Waals surface area contributed by atoms with Gasteiger partial charge >= 0.3 is 0 Å². The number of amides is 1. The molecule has 4 rings (SSSR count). The third-order valence-electron chi connectivity index (χ3n) is 4.72. The zero-order valence-corrected chi connectivity index (χ0v) is 14.7. The van der Waals surface area contributed by atoms with Crippen LogP contribution in [0.3, 0.4) is 0 Å². The number of aryl methyl sites for hydroxylation is 1. The van der Waals surface area contributed by atoms with E-state index in [1.807, 2.05) is 35.2 Å². The molecule has 0 radical (unpaired) electrons. The van der Waals surface area contributed by atoms with Crippen LogP contribution in [0.15, 0.2) is 41.1 Å². The minimum absolute atomic E-state index is 0.0239. The molecule has 1 saturated heterocycles. The molecule has 1 atom stereocenters. The van der Waals surface area contributed by atoms with Crippen LogP contribution < -0.4 is 0 Å². The lowest BCUT2D eigenvalue weighted by Gasteiger charge is -2.21. The standard InChI is InChI=1S/C19H21N5O2/c1-2-7-15-14(12-20-22-15)19(25)24-11-6-10-16(24)18-21-17(23-26-18)13-8-4-3-5-9-13/h3-5,8-9,12,16H,2,6-7,10-11H2,1H3,(H,20,22)/t16-/m1/s1. The fourth-order valence-electron chi connectivity index (χ4n) is 3.43. The maximum absolute atomic E-state index is 13.0. The Morgan fingerprint density at radius 1 is 1.35 bits per heavy atom. The number of hydrogen-bond acceptors (Lipinski definition) is 5. The van der Waals surface area contributed by atoms with Crippen LogP contribution in [0.5, 0.6) is 0 Å². The smallest absolute Gasteiger partial charge is 0.258 e. The molecule has 1 amide bonds. The molecule has 0 unspecified atom stereocenters. The van der Waals surface area contributed by atoms with E-state index in [-0.39, 0.29) is 11.9 Å². The Kier molecular flexibility index (Phi) is 4.51. The molecule has 1 aliphatic heterocycles. The van der Waals surface area contributed by atoms with E-state index in [4.69, 9.17) is 4.52 Å². The van der Waals surface area contributed by atoms with Crippen LogP contribution in [-0.2, 0) is 6.42 Å². The molecular formula is C19H21N5O2. The molecule has 7 nitrogen and oxygen atoms in total. The Labute approximate surface area is 151 Å². The zero-order valence-electron chi connectivity index (χ0n) is 14.7. The number of hydrogen-bond donors (Lipinski definition) is 1. The van der Waals surface area contributed by atoms with Gasteiger partial charge in [-0.15, -0.1) is 0 Å². The van der Waals surface area contributed by atoms with Crippen molar-refractivity contribution in [3.05, 3.63) is 53.7 Å². The monoisotopic (exact) mass is 351 g/mol. The van der Waals surface area contributed by atoms with Gasteiger partial charge in [0.05, 0.1) is 11.8 Å². The van der Waals surface area contributed by atoms with Gasteiger partial charge in [-0.3, -0.25) is 9.89 Å². The summed E-state index contributed by atoms with van der Waals surface area (Å²) in [7, 11) is 0. The molecular weight excluding hydrogens is 330 g/mol. The normalized spacial score (nSPS) is 17.0. The van der Waals surface area contributed by atoms with Crippen molar-refractivity contribution in [2.24, 2.45) is 0 Å². The van der Waals surface area contributed by atoms with Gasteiger partial charge in [0.25, 0.3) is 5.91 Å². The van der Waals surface area contributed by atoms with E-state index in [1.54, 1.807) is 6.20 Å². The van der Waals surface area contributed by atoms with Crippen LogP contribution in [0.4, 0.5) is 0 Å². The first-order valence-corrected chi connectivity index (χ1v) is 9.00. The summed E-state index contributed by atoms with van der Waals surface area (Å²) in [5.74, 6) is 1.02. The average Bonchev–Trinajstić information content (AvgIpc) is 3.42. The van der Waals surface area contributed by atoms with Crippen molar-refractivity contribution >= 4 is 5.91 Å². The number of nitrogens with zero attached hydrogens (tertiary/aromatic N) is 4. The lowest BCUT2D eigenvalue weighted by atomic mass is 10.1. The van der Waals surface area contributed by atoms with E-state index >= 15 is 0 Å². The van der Waals surface area contributed by atoms with Crippen molar-refractivity contribution < 1.29 is 9.32 Å². The molecule has 0 aliphatic carbocycles. The highest BCUT2D eigenvalue weighted by molar-refractivity contribution is 5.95. The number of H-pyrrole nitrogens is 1. The number of rotatable bonds is 5. The Morgan fingerprint density at radius 3 is 3.00 bits per heavy atom. The van der Waals surface area contributed by atoms with E-state index < -0.39 is 0 Å². The summed E-state index contributed by atoms with van der Waals surface area (Å²) in [6.07, 6.45) is 5.11. The predicted molar refractivity (Wildman–Crippen MR) is 95.3 cm³/mol. The second-order valence-electron chi connectivity index (χ2n) is 6.49. The van der Waals surface area contributed by atoms with E-state index in [0.29, 0.717) is 23.8 Å². The van der Waals surface area contributed by atoms with Gasteiger partial charge < -0.3 is 9.42 Å². The maximum atomic E-state index is 13.0. The zero-order chi connectivity index (χ0) is 17.9. The van der Waals surface area contributed by atoms with Crippen LogP contribution in [0, 0.1) is 0 Å². The van der Waals surface area contributed by atoms with Crippen LogP contribution in [0.25, 0.3) is 11.4 Å². The van der Waals surface area contributed by atoms with E-state index in [0.717, 1.165) is 36.9 Å². The van der Waals surface area contributed by atoms with Crippen molar-refractivity contribution in [2.45, 2.75) is 38.6 Å². The molecule has 7 heteroatoms. The number of benzene rings is 1. The van der Waals surface area contributed by atoms with Gasteiger partial charge in [-0.25, -0.2) is 0 Å². The molecule has 0 bridgehead atoms. The number of carbonyl (C=O) groups is 1. The molecule has 2 aromatic heterocycles. The molecule has 0 spiro atoms. The predicted octanol–water partition coefficient (Wildman–Crippen LogP) is 3.39. The molecule has 26 heavy (non-hydrogen) atoms. The molecule has 1 aromatic carbocycles.